The third-order valence-electron chi connectivity index (χ3n) is 4.50. The number of carbonyl (C=O) groups excluding carboxylic acids is 1. The molecular formula is C23H22N6O2. The van der Waals surface area contributed by atoms with Gasteiger partial charge in [-0.2, -0.15) is 5.10 Å². The smallest absolute Gasteiger partial charge is 0.323 e. The first-order chi connectivity index (χ1) is 15.0. The van der Waals surface area contributed by atoms with Crippen molar-refractivity contribution in [1.82, 2.24) is 19.7 Å². The molecule has 4 aromatic rings. The zero-order valence-electron chi connectivity index (χ0n) is 17.5. The van der Waals surface area contributed by atoms with E-state index < -0.39 is 0 Å². The molecule has 0 saturated heterocycles. The number of amides is 2. The van der Waals surface area contributed by atoms with Gasteiger partial charge in [0.25, 0.3) is 0 Å². The molecule has 0 aliphatic rings. The molecule has 0 aliphatic carbocycles. The lowest BCUT2D eigenvalue weighted by Crippen LogP contribution is -2.19. The van der Waals surface area contributed by atoms with Crippen LogP contribution in [0.25, 0.3) is 5.82 Å². The van der Waals surface area contributed by atoms with Crippen molar-refractivity contribution in [3.8, 4) is 17.4 Å². The van der Waals surface area contributed by atoms with E-state index in [4.69, 9.17) is 4.74 Å². The van der Waals surface area contributed by atoms with Crippen LogP contribution >= 0.6 is 0 Å². The maximum Gasteiger partial charge on any atom is 0.323 e. The van der Waals surface area contributed by atoms with Crippen LogP contribution in [0.2, 0.25) is 0 Å². The molecular weight excluding hydrogens is 392 g/mol. The normalized spacial score (nSPS) is 10.5. The van der Waals surface area contributed by atoms with E-state index >= 15 is 0 Å². The van der Waals surface area contributed by atoms with Gasteiger partial charge >= 0.3 is 6.03 Å². The summed E-state index contributed by atoms with van der Waals surface area (Å²) in [5.41, 5.74) is 4.38. The van der Waals surface area contributed by atoms with Gasteiger partial charge in [-0.3, -0.25) is 0 Å². The third kappa shape index (κ3) is 5.05. The number of urea groups is 1. The molecule has 2 amide bonds. The van der Waals surface area contributed by atoms with Gasteiger partial charge in [0, 0.05) is 23.1 Å². The van der Waals surface area contributed by atoms with Crippen LogP contribution < -0.4 is 15.4 Å². The first kappa shape index (κ1) is 20.1. The Morgan fingerprint density at radius 2 is 1.52 bits per heavy atom. The summed E-state index contributed by atoms with van der Waals surface area (Å²) in [5.74, 6) is 1.61. The maximum atomic E-state index is 12.2. The summed E-state index contributed by atoms with van der Waals surface area (Å²) in [7, 11) is 0. The average molecular weight is 414 g/mol. The number of carbonyl (C=O) groups is 1. The standard InChI is InChI=1S/C23H22N6O2/c1-15-4-6-18(7-5-15)26-23(30)27-19-8-10-20(11-9-19)31-22-13-21(24-14-25-22)29-17(3)12-16(2)28-29/h4-14H,1-3H3,(H2,26,27,30). The lowest BCUT2D eigenvalue weighted by atomic mass is 10.2. The zero-order chi connectivity index (χ0) is 21.8. The quantitative estimate of drug-likeness (QED) is 0.478. The molecule has 0 radical (unpaired) electrons. The summed E-state index contributed by atoms with van der Waals surface area (Å²) in [6, 6.07) is 18.0. The first-order valence-corrected chi connectivity index (χ1v) is 9.74. The Morgan fingerprint density at radius 1 is 0.871 bits per heavy atom. The minimum atomic E-state index is -0.317. The number of hydrogen-bond donors (Lipinski definition) is 2. The molecule has 2 aromatic heterocycles. The zero-order valence-corrected chi connectivity index (χ0v) is 17.5. The highest BCUT2D eigenvalue weighted by molar-refractivity contribution is 5.99. The van der Waals surface area contributed by atoms with Gasteiger partial charge in [-0.1, -0.05) is 17.7 Å². The molecule has 2 aromatic carbocycles. The Hall–Kier alpha value is -4.20. The Balaban J connectivity index is 1.39. The van der Waals surface area contributed by atoms with E-state index in [1.165, 1.54) is 6.33 Å². The van der Waals surface area contributed by atoms with Crippen LogP contribution in [0.15, 0.2) is 67.0 Å². The molecule has 8 nitrogen and oxygen atoms in total. The molecule has 0 bridgehead atoms. The van der Waals surface area contributed by atoms with Crippen LogP contribution in [-0.4, -0.2) is 25.8 Å². The molecule has 2 heterocycles. The van der Waals surface area contributed by atoms with Crippen molar-refractivity contribution in [2.45, 2.75) is 20.8 Å². The summed E-state index contributed by atoms with van der Waals surface area (Å²) < 4.78 is 7.57. The molecule has 156 valence electrons. The van der Waals surface area contributed by atoms with Gasteiger partial charge in [-0.05, 0) is 63.2 Å². The average Bonchev–Trinajstić information content (AvgIpc) is 3.09. The van der Waals surface area contributed by atoms with Gasteiger partial charge < -0.3 is 15.4 Å². The van der Waals surface area contributed by atoms with E-state index in [0.717, 1.165) is 22.6 Å². The minimum absolute atomic E-state index is 0.317. The number of aryl methyl sites for hydroxylation is 3. The van der Waals surface area contributed by atoms with Gasteiger partial charge in [-0.25, -0.2) is 19.4 Å². The third-order valence-corrected chi connectivity index (χ3v) is 4.50. The summed E-state index contributed by atoms with van der Waals surface area (Å²) in [4.78, 5) is 20.6. The van der Waals surface area contributed by atoms with Crippen molar-refractivity contribution >= 4 is 17.4 Å². The van der Waals surface area contributed by atoms with E-state index in [1.807, 2.05) is 51.1 Å². The van der Waals surface area contributed by atoms with Crippen molar-refractivity contribution < 1.29 is 9.53 Å². The number of nitrogens with zero attached hydrogens (tertiary/aromatic N) is 4. The molecule has 0 spiro atoms. The second-order valence-corrected chi connectivity index (χ2v) is 7.12. The van der Waals surface area contributed by atoms with Gasteiger partial charge in [0.05, 0.1) is 5.69 Å². The Bertz CT molecular complexity index is 1200. The van der Waals surface area contributed by atoms with Crippen molar-refractivity contribution in [3.63, 3.8) is 0 Å². The molecule has 2 N–H and O–H groups in total. The van der Waals surface area contributed by atoms with Gasteiger partial charge in [0.15, 0.2) is 5.82 Å². The fourth-order valence-electron chi connectivity index (χ4n) is 3.02. The predicted molar refractivity (Wildman–Crippen MR) is 119 cm³/mol. The number of rotatable bonds is 5. The van der Waals surface area contributed by atoms with Crippen LogP contribution in [0.5, 0.6) is 11.6 Å². The van der Waals surface area contributed by atoms with Crippen molar-refractivity contribution in [3.05, 3.63) is 83.9 Å². The molecule has 0 atom stereocenters. The summed E-state index contributed by atoms with van der Waals surface area (Å²) >= 11 is 0. The SMILES string of the molecule is Cc1ccc(NC(=O)Nc2ccc(Oc3cc(-n4nc(C)cc4C)ncn3)cc2)cc1. The lowest BCUT2D eigenvalue weighted by molar-refractivity contribution is 0.262. The molecule has 0 fully saturated rings. The van der Waals surface area contributed by atoms with Gasteiger partial charge in [0.2, 0.25) is 5.88 Å². The topological polar surface area (TPSA) is 94.0 Å². The molecule has 31 heavy (non-hydrogen) atoms. The number of anilines is 2. The number of aromatic nitrogens is 4. The van der Waals surface area contributed by atoms with Crippen molar-refractivity contribution in [1.29, 1.82) is 0 Å². The van der Waals surface area contributed by atoms with Crippen LogP contribution in [0.1, 0.15) is 17.0 Å². The maximum absolute atomic E-state index is 12.2. The largest absolute Gasteiger partial charge is 0.439 e. The number of benzene rings is 2. The monoisotopic (exact) mass is 414 g/mol. The second-order valence-electron chi connectivity index (χ2n) is 7.12. The molecule has 0 saturated carbocycles. The van der Waals surface area contributed by atoms with Crippen molar-refractivity contribution in [2.24, 2.45) is 0 Å². The summed E-state index contributed by atoms with van der Waals surface area (Å²) in [5, 5.41) is 10.0. The van der Waals surface area contributed by atoms with Crippen LogP contribution in [-0.2, 0) is 0 Å². The molecule has 8 heteroatoms. The number of nitrogens with one attached hydrogen (secondary N) is 2. The Labute approximate surface area is 179 Å². The summed E-state index contributed by atoms with van der Waals surface area (Å²) in [6.45, 7) is 5.89. The number of ether oxygens (including phenoxy) is 1. The highest BCUT2D eigenvalue weighted by Crippen LogP contribution is 2.23. The van der Waals surface area contributed by atoms with E-state index in [1.54, 1.807) is 35.0 Å². The second kappa shape index (κ2) is 8.66. The first-order valence-electron chi connectivity index (χ1n) is 9.74. The molecule has 0 aliphatic heterocycles. The minimum Gasteiger partial charge on any atom is -0.439 e. The van der Waals surface area contributed by atoms with Crippen LogP contribution in [0.3, 0.4) is 0 Å². The molecule has 0 unspecified atom stereocenters. The van der Waals surface area contributed by atoms with E-state index in [2.05, 4.69) is 25.7 Å². The van der Waals surface area contributed by atoms with E-state index in [-0.39, 0.29) is 6.03 Å². The summed E-state index contributed by atoms with van der Waals surface area (Å²) in [6.07, 6.45) is 1.44. The van der Waals surface area contributed by atoms with Gasteiger partial charge in [0.1, 0.15) is 12.1 Å². The molecule has 4 rings (SSSR count). The van der Waals surface area contributed by atoms with Crippen LogP contribution in [0, 0.1) is 20.8 Å². The highest BCUT2D eigenvalue weighted by Gasteiger charge is 2.08. The van der Waals surface area contributed by atoms with Gasteiger partial charge in [-0.15, -0.1) is 0 Å². The van der Waals surface area contributed by atoms with Crippen LogP contribution in [0.4, 0.5) is 16.2 Å². The predicted octanol–water partition coefficient (Wildman–Crippen LogP) is 5.02. The van der Waals surface area contributed by atoms with Crippen molar-refractivity contribution in [2.75, 3.05) is 10.6 Å². The number of hydrogen-bond acceptors (Lipinski definition) is 5. The highest BCUT2D eigenvalue weighted by atomic mass is 16.5. The fraction of sp³-hybridized carbons (Fsp3) is 0.130. The Kier molecular flexibility index (Phi) is 5.61. The Morgan fingerprint density at radius 3 is 2.13 bits per heavy atom. The lowest BCUT2D eigenvalue weighted by Gasteiger charge is -2.10. The fourth-order valence-corrected chi connectivity index (χ4v) is 3.02. The van der Waals surface area contributed by atoms with E-state index in [9.17, 15) is 4.79 Å². The van der Waals surface area contributed by atoms with E-state index in [0.29, 0.717) is 23.1 Å².